The van der Waals surface area contributed by atoms with Crippen LogP contribution in [0.1, 0.15) is 5.56 Å². The Hall–Kier alpha value is -1.36. The molecule has 1 fully saturated rings. The number of hydrogen-bond acceptors (Lipinski definition) is 3. The second-order valence-corrected chi connectivity index (χ2v) is 4.18. The van der Waals surface area contributed by atoms with Gasteiger partial charge in [0.2, 0.25) is 0 Å². The molecular weight excluding hydrogens is 216 g/mol. The van der Waals surface area contributed by atoms with Crippen LogP contribution in [0.5, 0.6) is 11.5 Å². The summed E-state index contributed by atoms with van der Waals surface area (Å²) in [5, 5.41) is 3.17. The molecular formula is C11H11F2NO2. The standard InChI is InChI=1S/C11H11F2NO2/c12-11(13)15-9-2-1-7(4-10(9)16-11)3-8-5-14-6-8/h1-2,4,8,14H,3,5-6H2. The number of hydrogen-bond donors (Lipinski definition) is 1. The van der Waals surface area contributed by atoms with Gasteiger partial charge >= 0.3 is 6.29 Å². The van der Waals surface area contributed by atoms with Gasteiger partial charge in [-0.15, -0.1) is 8.78 Å². The molecule has 0 radical (unpaired) electrons. The molecule has 0 unspecified atom stereocenters. The fourth-order valence-corrected chi connectivity index (χ4v) is 1.95. The van der Waals surface area contributed by atoms with E-state index in [1.54, 1.807) is 6.07 Å². The fraction of sp³-hybridized carbons (Fsp3) is 0.455. The third-order valence-electron chi connectivity index (χ3n) is 2.86. The molecule has 5 heteroatoms. The van der Waals surface area contributed by atoms with Crippen LogP contribution in [0.3, 0.4) is 0 Å². The minimum absolute atomic E-state index is 0.112. The number of ether oxygens (including phenoxy) is 2. The van der Waals surface area contributed by atoms with Gasteiger partial charge in [-0.05, 0) is 43.1 Å². The minimum atomic E-state index is -3.51. The van der Waals surface area contributed by atoms with Crippen LogP contribution in [0.4, 0.5) is 8.78 Å². The molecule has 1 N–H and O–H groups in total. The van der Waals surface area contributed by atoms with Crippen molar-refractivity contribution in [1.82, 2.24) is 5.32 Å². The van der Waals surface area contributed by atoms with Crippen molar-refractivity contribution < 1.29 is 18.3 Å². The second kappa shape index (κ2) is 3.31. The van der Waals surface area contributed by atoms with E-state index in [2.05, 4.69) is 14.8 Å². The topological polar surface area (TPSA) is 30.5 Å². The highest BCUT2D eigenvalue weighted by Gasteiger charge is 2.43. The van der Waals surface area contributed by atoms with Crippen LogP contribution in [0, 0.1) is 5.92 Å². The SMILES string of the molecule is FC1(F)Oc2ccc(CC3CNC3)cc2O1. The van der Waals surface area contributed by atoms with E-state index >= 15 is 0 Å². The van der Waals surface area contributed by atoms with Gasteiger partial charge in [0.05, 0.1) is 0 Å². The Morgan fingerprint density at radius 3 is 2.69 bits per heavy atom. The van der Waals surface area contributed by atoms with Crippen LogP contribution < -0.4 is 14.8 Å². The second-order valence-electron chi connectivity index (χ2n) is 4.18. The molecule has 16 heavy (non-hydrogen) atoms. The molecule has 2 aliphatic rings. The average molecular weight is 227 g/mol. The summed E-state index contributed by atoms with van der Waals surface area (Å²) in [5.41, 5.74) is 1.01. The Morgan fingerprint density at radius 1 is 1.25 bits per heavy atom. The van der Waals surface area contributed by atoms with Crippen LogP contribution in [-0.2, 0) is 6.42 Å². The molecule has 86 valence electrons. The first-order chi connectivity index (χ1) is 7.62. The maximum atomic E-state index is 12.8. The van der Waals surface area contributed by atoms with Crippen molar-refractivity contribution >= 4 is 0 Å². The molecule has 2 heterocycles. The maximum absolute atomic E-state index is 12.8. The lowest BCUT2D eigenvalue weighted by Crippen LogP contribution is -2.43. The van der Waals surface area contributed by atoms with Gasteiger partial charge in [0.1, 0.15) is 0 Å². The maximum Gasteiger partial charge on any atom is 0.586 e. The van der Waals surface area contributed by atoms with Gasteiger partial charge in [-0.2, -0.15) is 0 Å². The van der Waals surface area contributed by atoms with Gasteiger partial charge < -0.3 is 14.8 Å². The molecule has 0 atom stereocenters. The Bertz CT molecular complexity index is 418. The minimum Gasteiger partial charge on any atom is -0.395 e. The Morgan fingerprint density at radius 2 is 2.00 bits per heavy atom. The van der Waals surface area contributed by atoms with Crippen LogP contribution in [0.15, 0.2) is 18.2 Å². The lowest BCUT2D eigenvalue weighted by molar-refractivity contribution is -0.286. The van der Waals surface area contributed by atoms with E-state index in [1.807, 2.05) is 6.07 Å². The van der Waals surface area contributed by atoms with Gasteiger partial charge in [0, 0.05) is 0 Å². The van der Waals surface area contributed by atoms with Gasteiger partial charge in [-0.3, -0.25) is 0 Å². The van der Waals surface area contributed by atoms with Gasteiger partial charge in [-0.1, -0.05) is 6.07 Å². The molecule has 3 rings (SSSR count). The largest absolute Gasteiger partial charge is 0.586 e. The van der Waals surface area contributed by atoms with E-state index in [9.17, 15) is 8.78 Å². The molecule has 3 nitrogen and oxygen atoms in total. The van der Waals surface area contributed by atoms with Crippen molar-refractivity contribution in [2.24, 2.45) is 5.92 Å². The van der Waals surface area contributed by atoms with E-state index in [4.69, 9.17) is 0 Å². The summed E-state index contributed by atoms with van der Waals surface area (Å²) < 4.78 is 34.2. The summed E-state index contributed by atoms with van der Waals surface area (Å²) in [6.45, 7) is 1.98. The van der Waals surface area contributed by atoms with Gasteiger partial charge in [-0.25, -0.2) is 0 Å². The lowest BCUT2D eigenvalue weighted by Gasteiger charge is -2.27. The Kier molecular flexibility index (Phi) is 2.04. The number of rotatable bonds is 2. The quantitative estimate of drug-likeness (QED) is 0.835. The predicted octanol–water partition coefficient (Wildman–Crippen LogP) is 1.77. The van der Waals surface area contributed by atoms with Crippen molar-refractivity contribution in [1.29, 1.82) is 0 Å². The number of nitrogens with one attached hydrogen (secondary N) is 1. The summed E-state index contributed by atoms with van der Waals surface area (Å²) >= 11 is 0. The summed E-state index contributed by atoms with van der Waals surface area (Å²) in [7, 11) is 0. The zero-order chi connectivity index (χ0) is 11.2. The molecule has 2 aliphatic heterocycles. The van der Waals surface area contributed by atoms with Crippen molar-refractivity contribution in [3.8, 4) is 11.5 Å². The molecule has 1 saturated heterocycles. The third-order valence-corrected chi connectivity index (χ3v) is 2.86. The summed E-state index contributed by atoms with van der Waals surface area (Å²) in [6.07, 6.45) is -2.63. The first-order valence-corrected chi connectivity index (χ1v) is 5.22. The highest BCUT2D eigenvalue weighted by Crippen LogP contribution is 2.41. The molecule has 0 saturated carbocycles. The Balaban J connectivity index is 1.78. The zero-order valence-electron chi connectivity index (χ0n) is 8.50. The Labute approximate surface area is 91.4 Å². The molecule has 1 aromatic rings. The normalized spacial score (nSPS) is 21.9. The summed E-state index contributed by atoms with van der Waals surface area (Å²) in [4.78, 5) is 0. The predicted molar refractivity (Wildman–Crippen MR) is 52.7 cm³/mol. The highest BCUT2D eigenvalue weighted by molar-refractivity contribution is 5.45. The van der Waals surface area contributed by atoms with Crippen LogP contribution in [-0.4, -0.2) is 19.4 Å². The molecule has 0 spiro atoms. The van der Waals surface area contributed by atoms with E-state index in [0.717, 1.165) is 25.1 Å². The van der Waals surface area contributed by atoms with E-state index in [0.29, 0.717) is 5.92 Å². The number of alkyl halides is 2. The number of benzene rings is 1. The monoisotopic (exact) mass is 227 g/mol. The zero-order valence-corrected chi connectivity index (χ0v) is 8.50. The van der Waals surface area contributed by atoms with Gasteiger partial charge in [0.15, 0.2) is 11.5 Å². The summed E-state index contributed by atoms with van der Waals surface area (Å²) in [6, 6.07) is 4.98. The molecule has 1 aromatic carbocycles. The van der Waals surface area contributed by atoms with E-state index < -0.39 is 6.29 Å². The highest BCUT2D eigenvalue weighted by atomic mass is 19.3. The molecule has 0 aliphatic carbocycles. The number of fused-ring (bicyclic) bond motifs is 1. The number of halogens is 2. The van der Waals surface area contributed by atoms with Crippen LogP contribution >= 0.6 is 0 Å². The van der Waals surface area contributed by atoms with Crippen molar-refractivity contribution in [2.75, 3.05) is 13.1 Å². The van der Waals surface area contributed by atoms with Gasteiger partial charge in [0.25, 0.3) is 0 Å². The molecule has 0 bridgehead atoms. The smallest absolute Gasteiger partial charge is 0.395 e. The lowest BCUT2D eigenvalue weighted by atomic mass is 9.94. The van der Waals surface area contributed by atoms with E-state index in [-0.39, 0.29) is 11.5 Å². The summed E-state index contributed by atoms with van der Waals surface area (Å²) in [5.74, 6) is 0.844. The third kappa shape index (κ3) is 1.71. The molecule has 0 aromatic heterocycles. The van der Waals surface area contributed by atoms with Crippen molar-refractivity contribution in [3.63, 3.8) is 0 Å². The molecule has 0 amide bonds. The first-order valence-electron chi connectivity index (χ1n) is 5.22. The average Bonchev–Trinajstić information content (AvgIpc) is 2.44. The van der Waals surface area contributed by atoms with Crippen LogP contribution in [0.2, 0.25) is 0 Å². The van der Waals surface area contributed by atoms with Crippen LogP contribution in [0.25, 0.3) is 0 Å². The van der Waals surface area contributed by atoms with E-state index in [1.165, 1.54) is 6.07 Å². The fourth-order valence-electron chi connectivity index (χ4n) is 1.95. The first kappa shape index (κ1) is 9.84. The van der Waals surface area contributed by atoms with Crippen molar-refractivity contribution in [2.45, 2.75) is 12.7 Å². The van der Waals surface area contributed by atoms with Crippen molar-refractivity contribution in [3.05, 3.63) is 23.8 Å².